The molecule has 52 valence electrons. The van der Waals surface area contributed by atoms with E-state index in [1.165, 1.54) is 12.4 Å². The van der Waals surface area contributed by atoms with Crippen molar-refractivity contribution in [1.82, 2.24) is 9.97 Å². The van der Waals surface area contributed by atoms with E-state index in [1.54, 1.807) is 6.92 Å². The molecular weight excluding hydrogens is 171 g/mol. The normalized spacial score (nSPS) is 8.45. The van der Waals surface area contributed by atoms with E-state index in [4.69, 9.17) is 0 Å². The number of aromatic nitrogens is 2. The third-order valence-electron chi connectivity index (χ3n) is 1.01. The standard InChI is InChI=1S/C6H6N2O2.K/c1-4-2-5(6(9)10)8-3-7-4;/h2-3H,1H3,(H,9,10);/q;+1/p-1. The minimum Gasteiger partial charge on any atom is -0.543 e. The zero-order chi connectivity index (χ0) is 7.56. The van der Waals surface area contributed by atoms with Crippen LogP contribution >= 0.6 is 0 Å². The molecular formula is C6H5KN2O2. The molecule has 5 heteroatoms. The van der Waals surface area contributed by atoms with Gasteiger partial charge in [-0.25, -0.2) is 9.97 Å². The minimum atomic E-state index is -1.27. The average Bonchev–Trinajstić information content (AvgIpc) is 1.88. The van der Waals surface area contributed by atoms with Crippen LogP contribution in [0.15, 0.2) is 12.4 Å². The van der Waals surface area contributed by atoms with Gasteiger partial charge in [0.1, 0.15) is 6.33 Å². The summed E-state index contributed by atoms with van der Waals surface area (Å²) in [6.45, 7) is 1.69. The summed E-state index contributed by atoms with van der Waals surface area (Å²) in [5, 5.41) is 10.2. The van der Waals surface area contributed by atoms with Crippen molar-refractivity contribution in [2.45, 2.75) is 6.92 Å². The summed E-state index contributed by atoms with van der Waals surface area (Å²) in [6.07, 6.45) is 1.19. The third kappa shape index (κ3) is 3.39. The Morgan fingerprint density at radius 2 is 2.18 bits per heavy atom. The Kier molecular flexibility index (Phi) is 5.03. The van der Waals surface area contributed by atoms with Gasteiger partial charge in [-0.1, -0.05) is 0 Å². The van der Waals surface area contributed by atoms with Crippen LogP contribution in [0.2, 0.25) is 0 Å². The Bertz CT molecular complexity index is 265. The van der Waals surface area contributed by atoms with E-state index in [0.717, 1.165) is 0 Å². The number of carbonyl (C=O) groups is 1. The molecule has 0 radical (unpaired) electrons. The summed E-state index contributed by atoms with van der Waals surface area (Å²) < 4.78 is 0. The molecule has 0 fully saturated rings. The summed E-state index contributed by atoms with van der Waals surface area (Å²) in [7, 11) is 0. The smallest absolute Gasteiger partial charge is 0.543 e. The quantitative estimate of drug-likeness (QED) is 0.411. The fraction of sp³-hybridized carbons (Fsp3) is 0.167. The topological polar surface area (TPSA) is 65.9 Å². The van der Waals surface area contributed by atoms with Crippen LogP contribution in [0.3, 0.4) is 0 Å². The molecule has 11 heavy (non-hydrogen) atoms. The van der Waals surface area contributed by atoms with Gasteiger partial charge in [0.2, 0.25) is 0 Å². The van der Waals surface area contributed by atoms with Gasteiger partial charge in [0.25, 0.3) is 0 Å². The van der Waals surface area contributed by atoms with Crippen molar-refractivity contribution in [3.63, 3.8) is 0 Å². The van der Waals surface area contributed by atoms with E-state index < -0.39 is 5.97 Å². The zero-order valence-corrected chi connectivity index (χ0v) is 9.49. The fourth-order valence-electron chi connectivity index (χ4n) is 0.566. The van der Waals surface area contributed by atoms with E-state index in [2.05, 4.69) is 9.97 Å². The number of hydrogen-bond acceptors (Lipinski definition) is 4. The first-order valence-electron chi connectivity index (χ1n) is 2.70. The van der Waals surface area contributed by atoms with Crippen molar-refractivity contribution in [3.05, 3.63) is 23.8 Å². The zero-order valence-electron chi connectivity index (χ0n) is 6.37. The molecule has 0 aliphatic heterocycles. The molecule has 0 aliphatic rings. The van der Waals surface area contributed by atoms with Gasteiger partial charge in [-0.3, -0.25) is 0 Å². The molecule has 0 bridgehead atoms. The number of carboxylic acid groups (broad SMARTS) is 1. The van der Waals surface area contributed by atoms with E-state index in [1.807, 2.05) is 0 Å². The molecule has 0 unspecified atom stereocenters. The van der Waals surface area contributed by atoms with Gasteiger partial charge in [-0.2, -0.15) is 0 Å². The van der Waals surface area contributed by atoms with Crippen LogP contribution in [0.5, 0.6) is 0 Å². The molecule has 0 amide bonds. The monoisotopic (exact) mass is 176 g/mol. The molecule has 0 spiro atoms. The van der Waals surface area contributed by atoms with Crippen LogP contribution < -0.4 is 56.5 Å². The van der Waals surface area contributed by atoms with E-state index in [0.29, 0.717) is 5.69 Å². The van der Waals surface area contributed by atoms with Crippen LogP contribution in [0.1, 0.15) is 16.2 Å². The van der Waals surface area contributed by atoms with Crippen molar-refractivity contribution in [1.29, 1.82) is 0 Å². The van der Waals surface area contributed by atoms with Crippen LogP contribution in [0, 0.1) is 6.92 Å². The number of carboxylic acids is 1. The van der Waals surface area contributed by atoms with Gasteiger partial charge in [-0.05, 0) is 13.0 Å². The second-order valence-electron chi connectivity index (χ2n) is 1.83. The molecule has 4 nitrogen and oxygen atoms in total. The van der Waals surface area contributed by atoms with Crippen LogP contribution in [-0.4, -0.2) is 15.9 Å². The summed E-state index contributed by atoms with van der Waals surface area (Å²) in [5.41, 5.74) is 0.543. The first-order chi connectivity index (χ1) is 4.70. The van der Waals surface area contributed by atoms with Crippen molar-refractivity contribution in [3.8, 4) is 0 Å². The number of rotatable bonds is 1. The number of carbonyl (C=O) groups excluding carboxylic acids is 1. The van der Waals surface area contributed by atoms with Gasteiger partial charge in [-0.15, -0.1) is 0 Å². The maximum Gasteiger partial charge on any atom is 1.00 e. The third-order valence-corrected chi connectivity index (χ3v) is 1.01. The van der Waals surface area contributed by atoms with Crippen molar-refractivity contribution in [2.24, 2.45) is 0 Å². The second kappa shape index (κ2) is 4.94. The van der Waals surface area contributed by atoms with Gasteiger partial charge in [0.05, 0.1) is 11.7 Å². The van der Waals surface area contributed by atoms with Crippen molar-refractivity contribution < 1.29 is 61.3 Å². The van der Waals surface area contributed by atoms with E-state index in [-0.39, 0.29) is 57.1 Å². The van der Waals surface area contributed by atoms with Gasteiger partial charge >= 0.3 is 51.4 Å². The van der Waals surface area contributed by atoms with Crippen molar-refractivity contribution >= 4 is 5.97 Å². The molecule has 0 saturated carbocycles. The Morgan fingerprint density at radius 3 is 2.55 bits per heavy atom. The van der Waals surface area contributed by atoms with Crippen LogP contribution in [0.4, 0.5) is 0 Å². The molecule has 1 aromatic rings. The Balaban J connectivity index is 0.000001000. The number of hydrogen-bond donors (Lipinski definition) is 0. The first-order valence-corrected chi connectivity index (χ1v) is 2.70. The molecule has 0 N–H and O–H groups in total. The van der Waals surface area contributed by atoms with Gasteiger partial charge in [0, 0.05) is 5.69 Å². The molecule has 0 atom stereocenters. The average molecular weight is 176 g/mol. The molecule has 1 aromatic heterocycles. The summed E-state index contributed by atoms with van der Waals surface area (Å²) in [5.74, 6) is -1.27. The van der Waals surface area contributed by atoms with E-state index >= 15 is 0 Å². The maximum atomic E-state index is 10.2. The largest absolute Gasteiger partial charge is 1.00 e. The number of aromatic carboxylic acids is 1. The Hall–Kier alpha value is 0.186. The molecule has 0 aromatic carbocycles. The van der Waals surface area contributed by atoms with Crippen molar-refractivity contribution in [2.75, 3.05) is 0 Å². The SMILES string of the molecule is Cc1cc(C(=O)[O-])ncn1.[K+]. The summed E-state index contributed by atoms with van der Waals surface area (Å²) >= 11 is 0. The number of nitrogens with zero attached hydrogens (tertiary/aromatic N) is 2. The fourth-order valence-corrected chi connectivity index (χ4v) is 0.566. The number of aryl methyl sites for hydroxylation is 1. The van der Waals surface area contributed by atoms with Crippen LogP contribution in [0.25, 0.3) is 0 Å². The summed E-state index contributed by atoms with van der Waals surface area (Å²) in [6, 6.07) is 1.36. The predicted octanol–water partition coefficient (Wildman–Crippen LogP) is -3.85. The molecule has 1 heterocycles. The summed E-state index contributed by atoms with van der Waals surface area (Å²) in [4.78, 5) is 17.3. The maximum absolute atomic E-state index is 10.2. The van der Waals surface area contributed by atoms with Crippen LogP contribution in [-0.2, 0) is 0 Å². The van der Waals surface area contributed by atoms with Gasteiger partial charge < -0.3 is 9.90 Å². The predicted molar refractivity (Wildman–Crippen MR) is 31.1 cm³/mol. The Morgan fingerprint density at radius 1 is 1.55 bits per heavy atom. The molecule has 0 saturated heterocycles. The molecule has 1 rings (SSSR count). The second-order valence-corrected chi connectivity index (χ2v) is 1.83. The van der Waals surface area contributed by atoms with E-state index in [9.17, 15) is 9.90 Å². The molecule has 0 aliphatic carbocycles. The minimum absolute atomic E-state index is 0. The van der Waals surface area contributed by atoms with Gasteiger partial charge in [0.15, 0.2) is 0 Å². The Labute approximate surface area is 106 Å². The first kappa shape index (κ1) is 11.2.